The second kappa shape index (κ2) is 13.2. The molecule has 3 rings (SSSR count). The van der Waals surface area contributed by atoms with Crippen molar-refractivity contribution in [2.75, 3.05) is 27.2 Å². The molecule has 0 aliphatic carbocycles. The molecule has 2 N–H and O–H groups in total. The summed E-state index contributed by atoms with van der Waals surface area (Å²) >= 11 is 1.64. The topological polar surface area (TPSA) is 69.6 Å². The zero-order chi connectivity index (χ0) is 22.1. The van der Waals surface area contributed by atoms with Gasteiger partial charge in [0.05, 0.1) is 12.2 Å². The zero-order valence-corrected chi connectivity index (χ0v) is 21.8. The SMILES string of the molecule is CCNC(=NCc1csc(-c2ccccc2)n1)NCCc1cccc(C(=O)N(C)C)c1.I. The Kier molecular flexibility index (Phi) is 10.6. The van der Waals surface area contributed by atoms with E-state index in [-0.39, 0.29) is 29.9 Å². The van der Waals surface area contributed by atoms with Crippen molar-refractivity contribution in [2.24, 2.45) is 4.99 Å². The summed E-state index contributed by atoms with van der Waals surface area (Å²) in [5.41, 5.74) is 3.91. The van der Waals surface area contributed by atoms with Crippen LogP contribution in [0.3, 0.4) is 0 Å². The monoisotopic (exact) mass is 563 g/mol. The van der Waals surface area contributed by atoms with Crippen molar-refractivity contribution in [2.45, 2.75) is 19.9 Å². The molecule has 0 radical (unpaired) electrons. The summed E-state index contributed by atoms with van der Waals surface area (Å²) in [6.07, 6.45) is 0.799. The lowest BCUT2D eigenvalue weighted by Gasteiger charge is -2.13. The lowest BCUT2D eigenvalue weighted by Crippen LogP contribution is -2.38. The van der Waals surface area contributed by atoms with Crippen molar-refractivity contribution in [3.63, 3.8) is 0 Å². The fourth-order valence-electron chi connectivity index (χ4n) is 3.04. The van der Waals surface area contributed by atoms with E-state index in [0.717, 1.165) is 47.3 Å². The maximum absolute atomic E-state index is 12.2. The summed E-state index contributed by atoms with van der Waals surface area (Å²) in [6, 6.07) is 18.0. The number of aromatic nitrogens is 1. The fourth-order valence-corrected chi connectivity index (χ4v) is 3.86. The largest absolute Gasteiger partial charge is 0.357 e. The number of nitrogens with zero attached hydrogens (tertiary/aromatic N) is 3. The van der Waals surface area contributed by atoms with Crippen molar-refractivity contribution in [1.29, 1.82) is 0 Å². The molecular formula is C24H30IN5OS. The number of carbonyl (C=O) groups is 1. The Morgan fingerprint density at radius 3 is 2.59 bits per heavy atom. The number of rotatable bonds is 8. The van der Waals surface area contributed by atoms with Gasteiger partial charge in [-0.2, -0.15) is 0 Å². The van der Waals surface area contributed by atoms with E-state index < -0.39 is 0 Å². The number of thiazole rings is 1. The highest BCUT2D eigenvalue weighted by molar-refractivity contribution is 14.0. The molecule has 0 saturated carbocycles. The molecule has 1 aromatic heterocycles. The van der Waals surface area contributed by atoms with E-state index in [1.54, 1.807) is 30.3 Å². The highest BCUT2D eigenvalue weighted by Gasteiger charge is 2.08. The number of hydrogen-bond acceptors (Lipinski definition) is 4. The highest BCUT2D eigenvalue weighted by Crippen LogP contribution is 2.23. The van der Waals surface area contributed by atoms with Crippen LogP contribution in [0, 0.1) is 0 Å². The Labute approximate surface area is 211 Å². The molecule has 0 spiro atoms. The third-order valence-corrected chi connectivity index (χ3v) is 5.54. The third-order valence-electron chi connectivity index (χ3n) is 4.60. The van der Waals surface area contributed by atoms with E-state index in [1.807, 2.05) is 49.4 Å². The van der Waals surface area contributed by atoms with E-state index in [9.17, 15) is 4.79 Å². The molecule has 0 atom stereocenters. The molecule has 8 heteroatoms. The van der Waals surface area contributed by atoms with Gasteiger partial charge in [0.2, 0.25) is 0 Å². The molecule has 1 heterocycles. The van der Waals surface area contributed by atoms with Crippen LogP contribution < -0.4 is 10.6 Å². The zero-order valence-electron chi connectivity index (χ0n) is 18.7. The molecule has 0 saturated heterocycles. The van der Waals surface area contributed by atoms with Gasteiger partial charge in [-0.05, 0) is 31.0 Å². The fraction of sp³-hybridized carbons (Fsp3) is 0.292. The molecular weight excluding hydrogens is 533 g/mol. The van der Waals surface area contributed by atoms with Crippen LogP contribution in [0.4, 0.5) is 0 Å². The number of hydrogen-bond donors (Lipinski definition) is 2. The molecule has 32 heavy (non-hydrogen) atoms. The maximum atomic E-state index is 12.2. The van der Waals surface area contributed by atoms with Crippen LogP contribution in [0.15, 0.2) is 65.0 Å². The molecule has 0 aliphatic heterocycles. The van der Waals surface area contributed by atoms with Crippen LogP contribution in [-0.2, 0) is 13.0 Å². The van der Waals surface area contributed by atoms with E-state index in [4.69, 9.17) is 4.98 Å². The minimum Gasteiger partial charge on any atom is -0.357 e. The van der Waals surface area contributed by atoms with Gasteiger partial charge in [0.25, 0.3) is 5.91 Å². The lowest BCUT2D eigenvalue weighted by atomic mass is 10.1. The van der Waals surface area contributed by atoms with E-state index >= 15 is 0 Å². The number of carbonyl (C=O) groups excluding carboxylic acids is 1. The average Bonchev–Trinajstić information content (AvgIpc) is 3.27. The van der Waals surface area contributed by atoms with Crippen LogP contribution >= 0.6 is 35.3 Å². The summed E-state index contributed by atoms with van der Waals surface area (Å²) in [7, 11) is 3.53. The van der Waals surface area contributed by atoms with Crippen molar-refractivity contribution < 1.29 is 4.79 Å². The van der Waals surface area contributed by atoms with Gasteiger partial charge in [-0.3, -0.25) is 4.79 Å². The highest BCUT2D eigenvalue weighted by atomic mass is 127. The Morgan fingerprint density at radius 2 is 1.88 bits per heavy atom. The summed E-state index contributed by atoms with van der Waals surface area (Å²) in [6.45, 7) is 4.07. The first-order chi connectivity index (χ1) is 15.1. The van der Waals surface area contributed by atoms with Gasteiger partial charge >= 0.3 is 0 Å². The van der Waals surface area contributed by atoms with Crippen molar-refractivity contribution >= 4 is 47.2 Å². The predicted octanol–water partition coefficient (Wildman–Crippen LogP) is 4.43. The molecule has 0 unspecified atom stereocenters. The number of amides is 1. The maximum Gasteiger partial charge on any atom is 0.253 e. The normalized spacial score (nSPS) is 10.9. The van der Waals surface area contributed by atoms with E-state index in [0.29, 0.717) is 12.1 Å². The number of benzene rings is 2. The molecule has 3 aromatic rings. The van der Waals surface area contributed by atoms with E-state index in [1.165, 1.54) is 0 Å². The quantitative estimate of drug-likeness (QED) is 0.242. The first kappa shape index (κ1) is 25.8. The van der Waals surface area contributed by atoms with Gasteiger partial charge < -0.3 is 15.5 Å². The van der Waals surface area contributed by atoms with Crippen LogP contribution in [0.25, 0.3) is 10.6 Å². The van der Waals surface area contributed by atoms with Crippen molar-refractivity contribution in [1.82, 2.24) is 20.5 Å². The average molecular weight is 564 g/mol. The number of guanidine groups is 1. The molecule has 0 fully saturated rings. The molecule has 170 valence electrons. The molecule has 2 aromatic carbocycles. The summed E-state index contributed by atoms with van der Waals surface area (Å²) < 4.78 is 0. The van der Waals surface area contributed by atoms with Crippen molar-refractivity contribution in [3.05, 3.63) is 76.8 Å². The first-order valence-corrected chi connectivity index (χ1v) is 11.3. The summed E-state index contributed by atoms with van der Waals surface area (Å²) in [4.78, 5) is 23.1. The third kappa shape index (κ3) is 7.59. The summed E-state index contributed by atoms with van der Waals surface area (Å²) in [5.74, 6) is 0.778. The standard InChI is InChI=1S/C24H29N5OS.HI/c1-4-25-24(26-14-13-18-9-8-12-20(15-18)23(30)29(2)3)27-16-21-17-31-22(28-21)19-10-6-5-7-11-19;/h5-12,15,17H,4,13-14,16H2,1-3H3,(H2,25,26,27);1H. The summed E-state index contributed by atoms with van der Waals surface area (Å²) in [5, 5.41) is 9.71. The minimum atomic E-state index is 0. The van der Waals surface area contributed by atoms with Gasteiger partial charge in [-0.1, -0.05) is 42.5 Å². The number of halogens is 1. The van der Waals surface area contributed by atoms with Gasteiger partial charge in [-0.25, -0.2) is 9.98 Å². The first-order valence-electron chi connectivity index (χ1n) is 10.4. The lowest BCUT2D eigenvalue weighted by molar-refractivity contribution is 0.0827. The Balaban J connectivity index is 0.00000363. The van der Waals surface area contributed by atoms with Crippen molar-refractivity contribution in [3.8, 4) is 10.6 Å². The van der Waals surface area contributed by atoms with Crippen LogP contribution in [0.2, 0.25) is 0 Å². The predicted molar refractivity (Wildman–Crippen MR) is 144 cm³/mol. The molecule has 0 aliphatic rings. The molecule has 1 amide bonds. The van der Waals surface area contributed by atoms with Gasteiger partial charge in [0.15, 0.2) is 5.96 Å². The Bertz CT molecular complexity index is 1020. The minimum absolute atomic E-state index is 0. The van der Waals surface area contributed by atoms with Crippen LogP contribution in [0.1, 0.15) is 28.5 Å². The second-order valence-electron chi connectivity index (χ2n) is 7.28. The van der Waals surface area contributed by atoms with Gasteiger partial charge in [0, 0.05) is 43.7 Å². The van der Waals surface area contributed by atoms with Gasteiger partial charge in [0.1, 0.15) is 5.01 Å². The molecule has 0 bridgehead atoms. The van der Waals surface area contributed by atoms with Gasteiger partial charge in [-0.15, -0.1) is 35.3 Å². The Morgan fingerprint density at radius 1 is 1.09 bits per heavy atom. The smallest absolute Gasteiger partial charge is 0.253 e. The second-order valence-corrected chi connectivity index (χ2v) is 8.14. The molecule has 6 nitrogen and oxygen atoms in total. The number of nitrogens with one attached hydrogen (secondary N) is 2. The van der Waals surface area contributed by atoms with E-state index in [2.05, 4.69) is 33.1 Å². The number of aliphatic imine (C=N–C) groups is 1. The van der Waals surface area contributed by atoms with Crippen LogP contribution in [-0.4, -0.2) is 48.9 Å². The Hall–Kier alpha value is -2.46. The van der Waals surface area contributed by atoms with Crippen LogP contribution in [0.5, 0.6) is 0 Å².